The van der Waals surface area contributed by atoms with Gasteiger partial charge in [-0.1, -0.05) is 20.8 Å². The van der Waals surface area contributed by atoms with E-state index in [1.165, 1.54) is 5.56 Å². The Morgan fingerprint density at radius 1 is 1.28 bits per heavy atom. The zero-order valence-corrected chi connectivity index (χ0v) is 12.5. The first kappa shape index (κ1) is 15.3. The summed E-state index contributed by atoms with van der Waals surface area (Å²) in [5.74, 6) is 1.78. The van der Waals surface area contributed by atoms with E-state index in [1.807, 2.05) is 0 Å². The summed E-state index contributed by atoms with van der Waals surface area (Å²) in [5, 5.41) is 3.47. The lowest BCUT2D eigenvalue weighted by Crippen LogP contribution is -2.30. The second kappa shape index (κ2) is 7.59. The molecule has 1 rings (SSSR count). The molecule has 0 spiro atoms. The van der Waals surface area contributed by atoms with E-state index in [9.17, 15) is 0 Å². The highest BCUT2D eigenvalue weighted by Gasteiger charge is 2.13. The fourth-order valence-electron chi connectivity index (χ4n) is 2.00. The van der Waals surface area contributed by atoms with E-state index in [4.69, 9.17) is 4.42 Å². The Morgan fingerprint density at radius 3 is 2.56 bits per heavy atom. The van der Waals surface area contributed by atoms with Crippen molar-refractivity contribution in [1.82, 2.24) is 10.2 Å². The quantitative estimate of drug-likeness (QED) is 0.770. The van der Waals surface area contributed by atoms with Gasteiger partial charge in [-0.2, -0.15) is 0 Å². The maximum Gasteiger partial charge on any atom is 0.122 e. The number of hydrogen-bond acceptors (Lipinski definition) is 3. The number of nitrogens with one attached hydrogen (secondary N) is 1. The maximum atomic E-state index is 5.62. The van der Waals surface area contributed by atoms with Crippen molar-refractivity contribution in [2.24, 2.45) is 5.92 Å². The first-order valence-corrected chi connectivity index (χ1v) is 7.04. The van der Waals surface area contributed by atoms with Gasteiger partial charge in [-0.15, -0.1) is 0 Å². The third-order valence-electron chi connectivity index (χ3n) is 3.19. The smallest absolute Gasteiger partial charge is 0.122 e. The highest BCUT2D eigenvalue weighted by molar-refractivity contribution is 5.16. The molecule has 1 aromatic rings. The van der Waals surface area contributed by atoms with Crippen LogP contribution in [0.5, 0.6) is 0 Å². The summed E-state index contributed by atoms with van der Waals surface area (Å²) in [5.41, 5.74) is 1.29. The predicted molar refractivity (Wildman–Crippen MR) is 76.5 cm³/mol. The number of rotatable bonds is 8. The Morgan fingerprint density at radius 2 is 2.00 bits per heavy atom. The van der Waals surface area contributed by atoms with Gasteiger partial charge in [0.2, 0.25) is 0 Å². The number of furan rings is 1. The maximum absolute atomic E-state index is 5.62. The van der Waals surface area contributed by atoms with Crippen LogP contribution in [-0.2, 0) is 13.1 Å². The molecule has 1 aromatic heterocycles. The number of hydrogen-bond donors (Lipinski definition) is 1. The van der Waals surface area contributed by atoms with Gasteiger partial charge in [-0.05, 0) is 38.9 Å². The van der Waals surface area contributed by atoms with E-state index in [0.29, 0.717) is 12.0 Å². The molecule has 18 heavy (non-hydrogen) atoms. The molecule has 3 heteroatoms. The van der Waals surface area contributed by atoms with Crippen molar-refractivity contribution in [1.29, 1.82) is 0 Å². The Kier molecular flexibility index (Phi) is 6.44. The highest BCUT2D eigenvalue weighted by atomic mass is 16.3. The molecule has 0 fully saturated rings. The molecule has 1 N–H and O–H groups in total. The van der Waals surface area contributed by atoms with Crippen molar-refractivity contribution in [3.05, 3.63) is 23.7 Å². The minimum atomic E-state index is 0.552. The SMILES string of the molecule is CCN(Cc1occc1CNCC(C)C)C(C)C. The molecule has 0 aliphatic rings. The van der Waals surface area contributed by atoms with Crippen molar-refractivity contribution in [3.63, 3.8) is 0 Å². The van der Waals surface area contributed by atoms with Crippen molar-refractivity contribution in [2.75, 3.05) is 13.1 Å². The first-order chi connectivity index (χ1) is 8.54. The van der Waals surface area contributed by atoms with Crippen LogP contribution in [0.3, 0.4) is 0 Å². The van der Waals surface area contributed by atoms with Crippen molar-refractivity contribution in [2.45, 2.75) is 53.8 Å². The Labute approximate surface area is 112 Å². The number of nitrogens with zero attached hydrogens (tertiary/aromatic N) is 1. The molecular formula is C15H28N2O. The lowest BCUT2D eigenvalue weighted by Gasteiger charge is -2.24. The van der Waals surface area contributed by atoms with E-state index in [1.54, 1.807) is 6.26 Å². The van der Waals surface area contributed by atoms with Crippen LogP contribution in [0.2, 0.25) is 0 Å². The van der Waals surface area contributed by atoms with Crippen LogP contribution in [-0.4, -0.2) is 24.0 Å². The van der Waals surface area contributed by atoms with Gasteiger partial charge < -0.3 is 9.73 Å². The molecule has 0 saturated heterocycles. The standard InChI is InChI=1S/C15H28N2O/c1-6-17(13(4)5)11-15-14(7-8-18-15)10-16-9-12(2)3/h7-8,12-13,16H,6,9-11H2,1-5H3. The molecule has 104 valence electrons. The fraction of sp³-hybridized carbons (Fsp3) is 0.733. The molecule has 0 saturated carbocycles. The van der Waals surface area contributed by atoms with Crippen molar-refractivity contribution in [3.8, 4) is 0 Å². The molecule has 0 aliphatic carbocycles. The lowest BCUT2D eigenvalue weighted by molar-refractivity contribution is 0.206. The lowest BCUT2D eigenvalue weighted by atomic mass is 10.2. The Bertz CT molecular complexity index is 331. The molecule has 0 amide bonds. The van der Waals surface area contributed by atoms with Gasteiger partial charge in [0.1, 0.15) is 5.76 Å². The molecule has 0 atom stereocenters. The topological polar surface area (TPSA) is 28.4 Å². The summed E-state index contributed by atoms with van der Waals surface area (Å²) in [6.07, 6.45) is 1.80. The van der Waals surface area contributed by atoms with E-state index >= 15 is 0 Å². The third kappa shape index (κ3) is 4.83. The van der Waals surface area contributed by atoms with Crippen LogP contribution in [0, 0.1) is 5.92 Å². The molecule has 1 heterocycles. The molecule has 0 aromatic carbocycles. The monoisotopic (exact) mass is 252 g/mol. The van der Waals surface area contributed by atoms with Gasteiger partial charge in [0, 0.05) is 18.2 Å². The molecule has 0 radical (unpaired) electrons. The van der Waals surface area contributed by atoms with E-state index in [0.717, 1.165) is 31.9 Å². The summed E-state index contributed by atoms with van der Waals surface area (Å²) >= 11 is 0. The largest absolute Gasteiger partial charge is 0.468 e. The van der Waals surface area contributed by atoms with E-state index < -0.39 is 0 Å². The summed E-state index contributed by atoms with van der Waals surface area (Å²) in [6, 6.07) is 2.63. The zero-order valence-electron chi connectivity index (χ0n) is 12.5. The van der Waals surface area contributed by atoms with Crippen LogP contribution in [0.25, 0.3) is 0 Å². The first-order valence-electron chi connectivity index (χ1n) is 7.04. The molecule has 0 unspecified atom stereocenters. The minimum Gasteiger partial charge on any atom is -0.468 e. The summed E-state index contributed by atoms with van der Waals surface area (Å²) < 4.78 is 5.62. The minimum absolute atomic E-state index is 0.552. The van der Waals surface area contributed by atoms with Crippen molar-refractivity contribution >= 4 is 0 Å². The van der Waals surface area contributed by atoms with Gasteiger partial charge in [0.15, 0.2) is 0 Å². The summed E-state index contributed by atoms with van der Waals surface area (Å²) in [4.78, 5) is 2.41. The zero-order chi connectivity index (χ0) is 13.5. The van der Waals surface area contributed by atoms with Crippen LogP contribution in [0.15, 0.2) is 16.7 Å². The van der Waals surface area contributed by atoms with Gasteiger partial charge in [-0.25, -0.2) is 0 Å². The summed E-state index contributed by atoms with van der Waals surface area (Å²) in [6.45, 7) is 15.0. The molecule has 0 bridgehead atoms. The molecule has 3 nitrogen and oxygen atoms in total. The Balaban J connectivity index is 2.53. The van der Waals surface area contributed by atoms with Crippen LogP contribution >= 0.6 is 0 Å². The van der Waals surface area contributed by atoms with Crippen LogP contribution in [0.4, 0.5) is 0 Å². The van der Waals surface area contributed by atoms with Crippen molar-refractivity contribution < 1.29 is 4.42 Å². The van der Waals surface area contributed by atoms with E-state index in [2.05, 4.69) is 50.9 Å². The Hall–Kier alpha value is -0.800. The van der Waals surface area contributed by atoms with E-state index in [-0.39, 0.29) is 0 Å². The van der Waals surface area contributed by atoms with Gasteiger partial charge >= 0.3 is 0 Å². The second-order valence-electron chi connectivity index (χ2n) is 5.55. The third-order valence-corrected chi connectivity index (χ3v) is 3.19. The van der Waals surface area contributed by atoms with Gasteiger partial charge in [0.25, 0.3) is 0 Å². The van der Waals surface area contributed by atoms with Gasteiger partial charge in [-0.3, -0.25) is 4.90 Å². The fourth-order valence-corrected chi connectivity index (χ4v) is 2.00. The molecular weight excluding hydrogens is 224 g/mol. The predicted octanol–water partition coefficient (Wildman–Crippen LogP) is 3.26. The second-order valence-corrected chi connectivity index (χ2v) is 5.55. The summed E-state index contributed by atoms with van der Waals surface area (Å²) in [7, 11) is 0. The van der Waals surface area contributed by atoms with Crippen LogP contribution < -0.4 is 5.32 Å². The van der Waals surface area contributed by atoms with Gasteiger partial charge in [0.05, 0.1) is 12.8 Å². The van der Waals surface area contributed by atoms with Crippen LogP contribution in [0.1, 0.15) is 45.9 Å². The highest BCUT2D eigenvalue weighted by Crippen LogP contribution is 2.14. The average molecular weight is 252 g/mol. The molecule has 0 aliphatic heterocycles. The average Bonchev–Trinajstić information content (AvgIpc) is 2.72. The normalized spacial score (nSPS) is 12.0.